The van der Waals surface area contributed by atoms with E-state index in [-0.39, 0.29) is 17.1 Å². The maximum atomic E-state index is 13.5. The Morgan fingerprint density at radius 2 is 1.97 bits per heavy atom. The van der Waals surface area contributed by atoms with E-state index in [4.69, 9.17) is 20.4 Å². The first-order valence-corrected chi connectivity index (χ1v) is 12.0. The molecule has 1 atom stereocenters. The second-order valence-electron chi connectivity index (χ2n) is 10.1. The zero-order valence-corrected chi connectivity index (χ0v) is 19.8. The molecule has 1 saturated heterocycles. The summed E-state index contributed by atoms with van der Waals surface area (Å²) < 4.78 is 5.76. The third-order valence-electron chi connectivity index (χ3n) is 6.87. The lowest BCUT2D eigenvalue weighted by atomic mass is 9.69. The highest BCUT2D eigenvalue weighted by Crippen LogP contribution is 2.50. The number of benzene rings is 1. The Morgan fingerprint density at radius 3 is 2.73 bits per heavy atom. The minimum absolute atomic E-state index is 0.105. The molecule has 3 heterocycles. The Labute approximate surface area is 195 Å². The van der Waals surface area contributed by atoms with E-state index in [0.29, 0.717) is 24.8 Å². The van der Waals surface area contributed by atoms with Crippen molar-refractivity contribution in [2.24, 2.45) is 5.41 Å². The molecule has 1 aliphatic carbocycles. The molecule has 1 aromatic heterocycles. The van der Waals surface area contributed by atoms with Crippen LogP contribution in [0.5, 0.6) is 5.75 Å². The normalized spacial score (nSPS) is 21.8. The number of nitrogens with zero attached hydrogens (tertiary/aromatic N) is 3. The van der Waals surface area contributed by atoms with Crippen LogP contribution in [-0.2, 0) is 4.79 Å². The van der Waals surface area contributed by atoms with Crippen molar-refractivity contribution in [3.8, 4) is 5.75 Å². The molecular weight excluding hydrogens is 414 g/mol. The Morgan fingerprint density at radius 1 is 1.18 bits per heavy atom. The van der Waals surface area contributed by atoms with Crippen LogP contribution in [-0.4, -0.2) is 35.4 Å². The summed E-state index contributed by atoms with van der Waals surface area (Å²) >= 11 is 0. The molecule has 1 fully saturated rings. The number of nitrogens with two attached hydrogens (primary N) is 1. The van der Waals surface area contributed by atoms with Gasteiger partial charge in [-0.2, -0.15) is 9.97 Å². The van der Waals surface area contributed by atoms with Crippen LogP contribution in [0.25, 0.3) is 0 Å². The van der Waals surface area contributed by atoms with Crippen LogP contribution in [0.15, 0.2) is 35.5 Å². The molecule has 2 aromatic rings. The molecule has 2 aliphatic heterocycles. The number of allylic oxidation sites excluding steroid dienone is 2. The van der Waals surface area contributed by atoms with E-state index in [2.05, 4.69) is 24.1 Å². The molecule has 0 spiro atoms. The summed E-state index contributed by atoms with van der Waals surface area (Å²) in [5, 5.41) is 3.51. The van der Waals surface area contributed by atoms with Crippen molar-refractivity contribution in [3.63, 3.8) is 0 Å². The first-order chi connectivity index (χ1) is 15.9. The largest absolute Gasteiger partial charge is 0.494 e. The second kappa shape index (κ2) is 8.36. The van der Waals surface area contributed by atoms with Crippen LogP contribution < -0.4 is 20.7 Å². The number of carbonyl (C=O) groups is 1. The Hall–Kier alpha value is -3.09. The van der Waals surface area contributed by atoms with Crippen LogP contribution in [0.3, 0.4) is 0 Å². The minimum atomic E-state index is -0.310. The highest BCUT2D eigenvalue weighted by atomic mass is 16.5. The maximum absolute atomic E-state index is 13.5. The molecule has 3 aliphatic rings. The third-order valence-corrected chi connectivity index (χ3v) is 6.87. The number of hydrogen-bond acceptors (Lipinski definition) is 7. The number of hydrogen-bond donors (Lipinski definition) is 2. The summed E-state index contributed by atoms with van der Waals surface area (Å²) in [6, 6.07) is 7.96. The van der Waals surface area contributed by atoms with E-state index in [1.165, 1.54) is 6.42 Å². The van der Waals surface area contributed by atoms with Crippen molar-refractivity contribution in [2.75, 3.05) is 35.6 Å². The van der Waals surface area contributed by atoms with Gasteiger partial charge >= 0.3 is 0 Å². The quantitative estimate of drug-likeness (QED) is 0.705. The van der Waals surface area contributed by atoms with E-state index < -0.39 is 0 Å². The summed E-state index contributed by atoms with van der Waals surface area (Å²) in [5.41, 5.74) is 10.0. The average Bonchev–Trinajstić information content (AvgIpc) is 2.78. The summed E-state index contributed by atoms with van der Waals surface area (Å²) in [6.07, 6.45) is 4.81. The zero-order chi connectivity index (χ0) is 23.2. The number of piperidine rings is 1. The number of fused-ring (bicyclic) bond motifs is 1. The van der Waals surface area contributed by atoms with Crippen LogP contribution in [0.4, 0.5) is 17.6 Å². The minimum Gasteiger partial charge on any atom is -0.494 e. The Balaban J connectivity index is 1.66. The van der Waals surface area contributed by atoms with Crippen molar-refractivity contribution in [2.45, 2.75) is 58.8 Å². The molecule has 33 heavy (non-hydrogen) atoms. The average molecular weight is 448 g/mol. The number of nitrogens with one attached hydrogen (secondary N) is 1. The molecule has 174 valence electrons. The van der Waals surface area contributed by atoms with Crippen LogP contribution in [0.1, 0.15) is 69.9 Å². The number of rotatable bonds is 4. The van der Waals surface area contributed by atoms with Crippen molar-refractivity contribution >= 4 is 23.4 Å². The fourth-order valence-electron chi connectivity index (χ4n) is 5.44. The Kier molecular flexibility index (Phi) is 5.51. The number of aromatic nitrogens is 2. The molecule has 0 amide bonds. The monoisotopic (exact) mass is 447 g/mol. The van der Waals surface area contributed by atoms with Gasteiger partial charge in [0.2, 0.25) is 5.95 Å². The van der Waals surface area contributed by atoms with Gasteiger partial charge in [-0.3, -0.25) is 4.79 Å². The molecule has 1 aromatic carbocycles. The molecular formula is C26H33N5O2. The first kappa shape index (κ1) is 21.7. The fourth-order valence-corrected chi connectivity index (χ4v) is 5.44. The number of ketones is 1. The van der Waals surface area contributed by atoms with Crippen molar-refractivity contribution in [3.05, 3.63) is 46.7 Å². The van der Waals surface area contributed by atoms with Crippen molar-refractivity contribution in [1.29, 1.82) is 0 Å². The highest BCUT2D eigenvalue weighted by molar-refractivity contribution is 6.02. The van der Waals surface area contributed by atoms with Gasteiger partial charge in [-0.15, -0.1) is 0 Å². The lowest BCUT2D eigenvalue weighted by Crippen LogP contribution is -2.36. The number of nitrogen functional groups attached to an aromatic ring is 1. The lowest BCUT2D eigenvalue weighted by Gasteiger charge is -2.39. The Bertz CT molecular complexity index is 1120. The molecule has 7 nitrogen and oxygen atoms in total. The summed E-state index contributed by atoms with van der Waals surface area (Å²) in [5.74, 6) is 2.46. The predicted molar refractivity (Wildman–Crippen MR) is 131 cm³/mol. The van der Waals surface area contributed by atoms with E-state index in [1.54, 1.807) is 0 Å². The van der Waals surface area contributed by atoms with Gasteiger partial charge in [0.15, 0.2) is 5.78 Å². The van der Waals surface area contributed by atoms with Gasteiger partial charge in [0.1, 0.15) is 17.4 Å². The van der Waals surface area contributed by atoms with Crippen molar-refractivity contribution in [1.82, 2.24) is 9.97 Å². The summed E-state index contributed by atoms with van der Waals surface area (Å²) in [7, 11) is 0. The smallest absolute Gasteiger partial charge is 0.229 e. The van der Waals surface area contributed by atoms with Gasteiger partial charge in [-0.1, -0.05) is 26.0 Å². The lowest BCUT2D eigenvalue weighted by molar-refractivity contribution is -0.118. The molecule has 0 saturated carbocycles. The van der Waals surface area contributed by atoms with Gasteiger partial charge in [0.25, 0.3) is 0 Å². The molecule has 7 heteroatoms. The van der Waals surface area contributed by atoms with E-state index in [9.17, 15) is 4.79 Å². The third kappa shape index (κ3) is 4.05. The van der Waals surface area contributed by atoms with E-state index in [1.807, 2.05) is 31.2 Å². The summed E-state index contributed by atoms with van der Waals surface area (Å²) in [4.78, 5) is 25.3. The van der Waals surface area contributed by atoms with Crippen molar-refractivity contribution < 1.29 is 9.53 Å². The number of Topliss-reactive ketones (excluding diaryl/α,β-unsaturated/α-hetero) is 1. The van der Waals surface area contributed by atoms with Gasteiger partial charge in [0, 0.05) is 42.3 Å². The van der Waals surface area contributed by atoms with E-state index >= 15 is 0 Å². The van der Waals surface area contributed by atoms with Crippen LogP contribution in [0, 0.1) is 5.41 Å². The molecule has 0 bridgehead atoms. The van der Waals surface area contributed by atoms with Gasteiger partial charge < -0.3 is 20.7 Å². The first-order valence-electron chi connectivity index (χ1n) is 12.0. The maximum Gasteiger partial charge on any atom is 0.229 e. The molecule has 5 rings (SSSR count). The molecule has 0 unspecified atom stereocenters. The fraction of sp³-hybridized carbons (Fsp3) is 0.500. The predicted octanol–water partition coefficient (Wildman–Crippen LogP) is 4.65. The van der Waals surface area contributed by atoms with Crippen LogP contribution >= 0.6 is 0 Å². The summed E-state index contributed by atoms with van der Waals surface area (Å²) in [6.45, 7) is 8.72. The SMILES string of the molecule is CCOc1cccc([C@@H]2C3=C(CC(C)(C)CC3=O)Nc3nc(N4CCCCC4)nc(N)c32)c1. The number of ether oxygens (including phenoxy) is 1. The topological polar surface area (TPSA) is 93.4 Å². The zero-order valence-electron chi connectivity index (χ0n) is 19.8. The van der Waals surface area contributed by atoms with Gasteiger partial charge in [-0.25, -0.2) is 0 Å². The highest BCUT2D eigenvalue weighted by Gasteiger charge is 2.42. The van der Waals surface area contributed by atoms with Crippen LogP contribution in [0.2, 0.25) is 0 Å². The van der Waals surface area contributed by atoms with Gasteiger partial charge in [0.05, 0.1) is 6.61 Å². The molecule has 0 radical (unpaired) electrons. The second-order valence-corrected chi connectivity index (χ2v) is 10.1. The number of anilines is 3. The standard InChI is InChI=1S/C26H33N5O2/c1-4-33-17-10-8-9-16(13-17)20-21-18(14-26(2,3)15-19(21)32)28-24-22(20)23(27)29-25(30-24)31-11-6-5-7-12-31/h8-10,13,20H,4-7,11-12,14-15H2,1-3H3,(H3,27,28,29,30)/t20-/m1/s1. The number of carbonyl (C=O) groups excluding carboxylic acids is 1. The van der Waals surface area contributed by atoms with Gasteiger partial charge in [-0.05, 0) is 55.7 Å². The van der Waals surface area contributed by atoms with E-state index in [0.717, 1.165) is 66.3 Å². The molecule has 3 N–H and O–H groups in total.